The van der Waals surface area contributed by atoms with Crippen LogP contribution in [-0.2, 0) is 0 Å². The molecule has 0 aliphatic rings. The number of carbonyl (C=O) groups is 1. The zero-order valence-corrected chi connectivity index (χ0v) is 15.0. The molecule has 0 aliphatic carbocycles. The second-order valence-corrected chi connectivity index (χ2v) is 6.45. The van der Waals surface area contributed by atoms with Crippen LogP contribution >= 0.6 is 0 Å². The van der Waals surface area contributed by atoms with Crippen molar-refractivity contribution in [2.45, 2.75) is 34.1 Å². The summed E-state index contributed by atoms with van der Waals surface area (Å²) in [5.41, 5.74) is 3.85. The summed E-state index contributed by atoms with van der Waals surface area (Å²) < 4.78 is 0. The number of pyridine rings is 1. The van der Waals surface area contributed by atoms with Gasteiger partial charge in [-0.1, -0.05) is 26.0 Å². The van der Waals surface area contributed by atoms with E-state index >= 15 is 0 Å². The molecule has 1 amide bonds. The normalized spacial score (nSPS) is 10.7. The molecule has 0 unspecified atom stereocenters. The fourth-order valence-corrected chi connectivity index (χ4v) is 2.59. The molecule has 0 saturated heterocycles. The van der Waals surface area contributed by atoms with Crippen molar-refractivity contribution in [3.05, 3.63) is 53.9 Å². The molecule has 0 radical (unpaired) electrons. The number of anilines is 2. The van der Waals surface area contributed by atoms with Gasteiger partial charge in [-0.15, -0.1) is 0 Å². The third kappa shape index (κ3) is 4.82. The first kappa shape index (κ1) is 18.0. The fraction of sp³-hybridized carbons (Fsp3) is 0.400. The Morgan fingerprint density at radius 1 is 1.21 bits per heavy atom. The molecule has 0 atom stereocenters. The predicted molar refractivity (Wildman–Crippen MR) is 99.9 cm³/mol. The molecular weight excluding hydrogens is 298 g/mol. The second-order valence-electron chi connectivity index (χ2n) is 6.45. The maximum Gasteiger partial charge on any atom is 0.252 e. The summed E-state index contributed by atoms with van der Waals surface area (Å²) in [6.07, 6.45) is 4.40. The average Bonchev–Trinajstić information content (AvgIpc) is 2.55. The Morgan fingerprint density at radius 2 is 2.00 bits per heavy atom. The molecule has 1 aromatic carbocycles. The first-order valence-corrected chi connectivity index (χ1v) is 8.58. The standard InChI is InChI=1S/C20H27N3O/c1-5-23(18-8-6-7-16(4)11-18)19-12-17(13-21-14-19)20(24)22-10-9-15(2)3/h6-8,11-15H,5,9-10H2,1-4H3,(H,22,24). The van der Waals surface area contributed by atoms with Crippen molar-refractivity contribution in [2.75, 3.05) is 18.0 Å². The van der Waals surface area contributed by atoms with E-state index in [0.29, 0.717) is 18.0 Å². The number of nitrogens with one attached hydrogen (secondary N) is 1. The monoisotopic (exact) mass is 325 g/mol. The second kappa shape index (κ2) is 8.48. The number of rotatable bonds is 7. The molecular formula is C20H27N3O. The first-order valence-electron chi connectivity index (χ1n) is 8.58. The number of aromatic nitrogens is 1. The SMILES string of the molecule is CCN(c1cccc(C)c1)c1cncc(C(=O)NCCC(C)C)c1. The zero-order chi connectivity index (χ0) is 17.5. The van der Waals surface area contributed by atoms with Crippen molar-refractivity contribution in [2.24, 2.45) is 5.92 Å². The van der Waals surface area contributed by atoms with E-state index in [1.807, 2.05) is 12.1 Å². The van der Waals surface area contributed by atoms with Crippen LogP contribution in [0.3, 0.4) is 0 Å². The van der Waals surface area contributed by atoms with Crippen molar-refractivity contribution < 1.29 is 4.79 Å². The van der Waals surface area contributed by atoms with Gasteiger partial charge in [-0.05, 0) is 49.9 Å². The Kier molecular flexibility index (Phi) is 6.36. The number of nitrogens with zero attached hydrogens (tertiary/aromatic N) is 2. The van der Waals surface area contributed by atoms with E-state index in [2.05, 4.69) is 61.1 Å². The summed E-state index contributed by atoms with van der Waals surface area (Å²) in [6.45, 7) is 9.97. The minimum atomic E-state index is -0.0645. The number of hydrogen-bond acceptors (Lipinski definition) is 3. The van der Waals surface area contributed by atoms with Crippen LogP contribution in [0.25, 0.3) is 0 Å². The molecule has 1 N–H and O–H groups in total. The molecule has 4 nitrogen and oxygen atoms in total. The third-order valence-electron chi connectivity index (χ3n) is 3.93. The highest BCUT2D eigenvalue weighted by Gasteiger charge is 2.12. The summed E-state index contributed by atoms with van der Waals surface area (Å²) in [4.78, 5) is 18.7. The fourth-order valence-electron chi connectivity index (χ4n) is 2.59. The van der Waals surface area contributed by atoms with Crippen LogP contribution in [0, 0.1) is 12.8 Å². The highest BCUT2D eigenvalue weighted by molar-refractivity contribution is 5.94. The third-order valence-corrected chi connectivity index (χ3v) is 3.93. The molecule has 0 bridgehead atoms. The smallest absolute Gasteiger partial charge is 0.252 e. The largest absolute Gasteiger partial charge is 0.352 e. The number of aryl methyl sites for hydroxylation is 1. The lowest BCUT2D eigenvalue weighted by Gasteiger charge is -2.23. The van der Waals surface area contributed by atoms with E-state index in [0.717, 1.165) is 24.3 Å². The quantitative estimate of drug-likeness (QED) is 0.824. The van der Waals surface area contributed by atoms with Gasteiger partial charge in [-0.25, -0.2) is 0 Å². The van der Waals surface area contributed by atoms with Gasteiger partial charge in [-0.2, -0.15) is 0 Å². The number of hydrogen-bond donors (Lipinski definition) is 1. The van der Waals surface area contributed by atoms with E-state index in [4.69, 9.17) is 0 Å². The number of benzene rings is 1. The lowest BCUT2D eigenvalue weighted by molar-refractivity contribution is 0.0951. The van der Waals surface area contributed by atoms with Gasteiger partial charge >= 0.3 is 0 Å². The lowest BCUT2D eigenvalue weighted by Crippen LogP contribution is -2.26. The van der Waals surface area contributed by atoms with E-state index in [9.17, 15) is 4.79 Å². The Balaban J connectivity index is 2.17. The minimum Gasteiger partial charge on any atom is -0.352 e. The molecule has 2 aromatic rings. The molecule has 0 fully saturated rings. The van der Waals surface area contributed by atoms with Crippen molar-refractivity contribution in [3.8, 4) is 0 Å². The average molecular weight is 325 g/mol. The van der Waals surface area contributed by atoms with E-state index in [1.54, 1.807) is 12.4 Å². The van der Waals surface area contributed by atoms with Gasteiger partial charge in [0.15, 0.2) is 0 Å². The Bertz CT molecular complexity index is 682. The highest BCUT2D eigenvalue weighted by atomic mass is 16.1. The molecule has 0 saturated carbocycles. The van der Waals surface area contributed by atoms with Crippen molar-refractivity contribution in [1.82, 2.24) is 10.3 Å². The van der Waals surface area contributed by atoms with Gasteiger partial charge in [0.2, 0.25) is 0 Å². The van der Waals surface area contributed by atoms with E-state index in [-0.39, 0.29) is 5.91 Å². The predicted octanol–water partition coefficient (Wildman–Crippen LogP) is 4.32. The topological polar surface area (TPSA) is 45.2 Å². The summed E-state index contributed by atoms with van der Waals surface area (Å²) >= 11 is 0. The van der Waals surface area contributed by atoms with Gasteiger partial charge in [0, 0.05) is 25.0 Å². The maximum atomic E-state index is 12.3. The Morgan fingerprint density at radius 3 is 2.67 bits per heavy atom. The van der Waals surface area contributed by atoms with Crippen LogP contribution in [0.2, 0.25) is 0 Å². The van der Waals surface area contributed by atoms with Crippen LogP contribution in [0.15, 0.2) is 42.7 Å². The molecule has 1 aromatic heterocycles. The zero-order valence-electron chi connectivity index (χ0n) is 15.0. The number of amides is 1. The molecule has 0 spiro atoms. The van der Waals surface area contributed by atoms with Gasteiger partial charge < -0.3 is 10.2 Å². The molecule has 1 heterocycles. The van der Waals surface area contributed by atoms with Crippen LogP contribution in [0.4, 0.5) is 11.4 Å². The van der Waals surface area contributed by atoms with Crippen LogP contribution in [-0.4, -0.2) is 24.0 Å². The number of carbonyl (C=O) groups excluding carboxylic acids is 1. The van der Waals surface area contributed by atoms with Crippen LogP contribution in [0.5, 0.6) is 0 Å². The van der Waals surface area contributed by atoms with Gasteiger partial charge in [0.25, 0.3) is 5.91 Å². The van der Waals surface area contributed by atoms with Crippen LogP contribution in [0.1, 0.15) is 43.1 Å². The molecule has 128 valence electrons. The Hall–Kier alpha value is -2.36. The Labute approximate surface area is 144 Å². The van der Waals surface area contributed by atoms with Gasteiger partial charge in [0.1, 0.15) is 0 Å². The van der Waals surface area contributed by atoms with Crippen molar-refractivity contribution >= 4 is 17.3 Å². The van der Waals surface area contributed by atoms with Crippen LogP contribution < -0.4 is 10.2 Å². The lowest BCUT2D eigenvalue weighted by atomic mass is 10.1. The summed E-state index contributed by atoms with van der Waals surface area (Å²) in [5.74, 6) is 0.511. The summed E-state index contributed by atoms with van der Waals surface area (Å²) in [7, 11) is 0. The molecule has 4 heteroatoms. The highest BCUT2D eigenvalue weighted by Crippen LogP contribution is 2.25. The summed E-state index contributed by atoms with van der Waals surface area (Å²) in [5, 5.41) is 2.97. The summed E-state index contributed by atoms with van der Waals surface area (Å²) in [6, 6.07) is 10.2. The molecule has 24 heavy (non-hydrogen) atoms. The minimum absolute atomic E-state index is 0.0645. The van der Waals surface area contributed by atoms with Crippen molar-refractivity contribution in [3.63, 3.8) is 0 Å². The molecule has 2 rings (SSSR count). The van der Waals surface area contributed by atoms with Crippen molar-refractivity contribution in [1.29, 1.82) is 0 Å². The van der Waals surface area contributed by atoms with E-state index < -0.39 is 0 Å². The first-order chi connectivity index (χ1) is 11.5. The maximum absolute atomic E-state index is 12.3. The van der Waals surface area contributed by atoms with Gasteiger partial charge in [-0.3, -0.25) is 9.78 Å². The van der Waals surface area contributed by atoms with E-state index in [1.165, 1.54) is 5.56 Å². The molecule has 0 aliphatic heterocycles. The van der Waals surface area contributed by atoms with Gasteiger partial charge in [0.05, 0.1) is 17.4 Å².